The van der Waals surface area contributed by atoms with Gasteiger partial charge in [-0.15, -0.1) is 0 Å². The second-order valence-electron chi connectivity index (χ2n) is 4.31. The molecule has 0 saturated heterocycles. The van der Waals surface area contributed by atoms with Crippen molar-refractivity contribution in [2.45, 2.75) is 20.4 Å². The van der Waals surface area contributed by atoms with Crippen LogP contribution in [0.5, 0.6) is 5.75 Å². The Kier molecular flexibility index (Phi) is 3.87. The molecule has 2 aromatic rings. The third-order valence-corrected chi connectivity index (χ3v) is 2.68. The molecule has 0 radical (unpaired) electrons. The highest BCUT2D eigenvalue weighted by molar-refractivity contribution is 5.57. The number of hydrogen-bond donors (Lipinski definition) is 1. The molecule has 18 heavy (non-hydrogen) atoms. The lowest BCUT2D eigenvalue weighted by atomic mass is 10.2. The summed E-state index contributed by atoms with van der Waals surface area (Å²) in [5.74, 6) is 0.904. The molecule has 0 saturated carbocycles. The van der Waals surface area contributed by atoms with Gasteiger partial charge in [0.25, 0.3) is 0 Å². The van der Waals surface area contributed by atoms with Crippen LogP contribution in [0.2, 0.25) is 0 Å². The van der Waals surface area contributed by atoms with Gasteiger partial charge in [-0.3, -0.25) is 4.68 Å². The number of aromatic nitrogens is 2. The molecule has 0 aliphatic rings. The van der Waals surface area contributed by atoms with E-state index < -0.39 is 0 Å². The maximum atomic E-state index is 5.63. The summed E-state index contributed by atoms with van der Waals surface area (Å²) in [7, 11) is 1.92. The Morgan fingerprint density at radius 1 is 1.39 bits per heavy atom. The van der Waals surface area contributed by atoms with Crippen LogP contribution in [0, 0.1) is 6.92 Å². The van der Waals surface area contributed by atoms with E-state index in [4.69, 9.17) is 4.74 Å². The number of ether oxygens (including phenoxy) is 1. The first kappa shape index (κ1) is 12.5. The van der Waals surface area contributed by atoms with Crippen LogP contribution < -0.4 is 10.1 Å². The topological polar surface area (TPSA) is 39.1 Å². The minimum Gasteiger partial charge on any atom is -0.492 e. The maximum absolute atomic E-state index is 5.63. The molecule has 0 aliphatic carbocycles. The van der Waals surface area contributed by atoms with Crippen molar-refractivity contribution in [3.05, 3.63) is 41.7 Å². The summed E-state index contributed by atoms with van der Waals surface area (Å²) in [6.45, 7) is 5.47. The Morgan fingerprint density at radius 2 is 2.22 bits per heavy atom. The van der Waals surface area contributed by atoms with Gasteiger partial charge in [0.2, 0.25) is 0 Å². The fourth-order valence-electron chi connectivity index (χ4n) is 1.81. The number of rotatable bonds is 5. The van der Waals surface area contributed by atoms with Crippen LogP contribution in [0.3, 0.4) is 0 Å². The Balaban J connectivity index is 2.08. The summed E-state index contributed by atoms with van der Waals surface area (Å²) in [5.41, 5.74) is 3.37. The van der Waals surface area contributed by atoms with Crippen LogP contribution in [-0.2, 0) is 13.6 Å². The molecule has 1 N–H and O–H groups in total. The Morgan fingerprint density at radius 3 is 2.89 bits per heavy atom. The first-order valence-electron chi connectivity index (χ1n) is 6.14. The van der Waals surface area contributed by atoms with Crippen molar-refractivity contribution in [2.24, 2.45) is 7.05 Å². The summed E-state index contributed by atoms with van der Waals surface area (Å²) in [5, 5.41) is 7.52. The molecule has 2 rings (SSSR count). The molecule has 4 heteroatoms. The summed E-state index contributed by atoms with van der Waals surface area (Å²) >= 11 is 0. The molecule has 4 nitrogen and oxygen atoms in total. The second kappa shape index (κ2) is 5.58. The fourth-order valence-corrected chi connectivity index (χ4v) is 1.81. The molecule has 1 aromatic heterocycles. The van der Waals surface area contributed by atoms with Crippen molar-refractivity contribution in [2.75, 3.05) is 11.9 Å². The number of benzene rings is 1. The molecule has 0 atom stereocenters. The van der Waals surface area contributed by atoms with Gasteiger partial charge >= 0.3 is 0 Å². The second-order valence-corrected chi connectivity index (χ2v) is 4.31. The van der Waals surface area contributed by atoms with Crippen molar-refractivity contribution in [1.82, 2.24) is 9.78 Å². The van der Waals surface area contributed by atoms with Gasteiger partial charge in [0.15, 0.2) is 0 Å². The molecular formula is C14H19N3O. The molecule has 0 unspecified atom stereocenters. The van der Waals surface area contributed by atoms with Gasteiger partial charge < -0.3 is 10.1 Å². The van der Waals surface area contributed by atoms with Gasteiger partial charge in [-0.1, -0.05) is 6.07 Å². The smallest absolute Gasteiger partial charge is 0.142 e. The quantitative estimate of drug-likeness (QED) is 0.880. The van der Waals surface area contributed by atoms with E-state index in [2.05, 4.69) is 35.5 Å². The van der Waals surface area contributed by atoms with E-state index in [1.807, 2.05) is 26.4 Å². The molecule has 0 amide bonds. The monoisotopic (exact) mass is 245 g/mol. The van der Waals surface area contributed by atoms with E-state index in [0.717, 1.165) is 23.5 Å². The minimum absolute atomic E-state index is 0.672. The lowest BCUT2D eigenvalue weighted by Crippen LogP contribution is -2.02. The lowest BCUT2D eigenvalue weighted by molar-refractivity contribution is 0.341. The summed E-state index contributed by atoms with van der Waals surface area (Å²) in [4.78, 5) is 0. The molecule has 0 bridgehead atoms. The number of anilines is 1. The third-order valence-electron chi connectivity index (χ3n) is 2.68. The molecule has 0 aliphatic heterocycles. The summed E-state index contributed by atoms with van der Waals surface area (Å²) in [6.07, 6.45) is 3.86. The normalized spacial score (nSPS) is 10.4. The highest BCUT2D eigenvalue weighted by Gasteiger charge is 2.04. The SMILES string of the molecule is CCOc1cc(C)ccc1NCc1cnn(C)c1. The number of hydrogen-bond acceptors (Lipinski definition) is 3. The number of aryl methyl sites for hydroxylation is 2. The van der Waals surface area contributed by atoms with Crippen molar-refractivity contribution >= 4 is 5.69 Å². The van der Waals surface area contributed by atoms with E-state index in [9.17, 15) is 0 Å². The minimum atomic E-state index is 0.672. The molecule has 96 valence electrons. The van der Waals surface area contributed by atoms with Crippen LogP contribution >= 0.6 is 0 Å². The standard InChI is InChI=1S/C14H19N3O/c1-4-18-14-7-11(2)5-6-13(14)15-8-12-9-16-17(3)10-12/h5-7,9-10,15H,4,8H2,1-3H3. The van der Waals surface area contributed by atoms with Crippen molar-refractivity contribution in [3.63, 3.8) is 0 Å². The maximum Gasteiger partial charge on any atom is 0.142 e. The van der Waals surface area contributed by atoms with Gasteiger partial charge in [0.1, 0.15) is 5.75 Å². The van der Waals surface area contributed by atoms with Gasteiger partial charge in [0.05, 0.1) is 18.5 Å². The molecule has 0 fully saturated rings. The van der Waals surface area contributed by atoms with E-state index in [0.29, 0.717) is 6.61 Å². The van der Waals surface area contributed by atoms with Crippen LogP contribution in [0.1, 0.15) is 18.1 Å². The third kappa shape index (κ3) is 3.03. The number of nitrogens with one attached hydrogen (secondary N) is 1. The predicted molar refractivity (Wildman–Crippen MR) is 72.9 cm³/mol. The van der Waals surface area contributed by atoms with E-state index in [1.54, 1.807) is 4.68 Å². The average molecular weight is 245 g/mol. The summed E-state index contributed by atoms with van der Waals surface area (Å²) in [6, 6.07) is 6.18. The van der Waals surface area contributed by atoms with E-state index >= 15 is 0 Å². The van der Waals surface area contributed by atoms with Gasteiger partial charge in [-0.2, -0.15) is 5.10 Å². The van der Waals surface area contributed by atoms with E-state index in [-0.39, 0.29) is 0 Å². The van der Waals surface area contributed by atoms with Gasteiger partial charge in [-0.25, -0.2) is 0 Å². The van der Waals surface area contributed by atoms with Crippen LogP contribution in [0.4, 0.5) is 5.69 Å². The highest BCUT2D eigenvalue weighted by Crippen LogP contribution is 2.26. The largest absolute Gasteiger partial charge is 0.492 e. The van der Waals surface area contributed by atoms with Crippen LogP contribution in [0.25, 0.3) is 0 Å². The van der Waals surface area contributed by atoms with Crippen molar-refractivity contribution < 1.29 is 4.74 Å². The summed E-state index contributed by atoms with van der Waals surface area (Å²) < 4.78 is 7.43. The lowest BCUT2D eigenvalue weighted by Gasteiger charge is -2.12. The Labute approximate surface area is 108 Å². The fraction of sp³-hybridized carbons (Fsp3) is 0.357. The molecular weight excluding hydrogens is 226 g/mol. The predicted octanol–water partition coefficient (Wildman–Crippen LogP) is 2.74. The van der Waals surface area contributed by atoms with Gasteiger partial charge in [-0.05, 0) is 31.5 Å². The molecule has 0 spiro atoms. The number of nitrogens with zero attached hydrogens (tertiary/aromatic N) is 2. The van der Waals surface area contributed by atoms with Crippen molar-refractivity contribution in [1.29, 1.82) is 0 Å². The van der Waals surface area contributed by atoms with E-state index in [1.165, 1.54) is 5.56 Å². The zero-order valence-electron chi connectivity index (χ0n) is 11.1. The first-order chi connectivity index (χ1) is 8.69. The van der Waals surface area contributed by atoms with Crippen LogP contribution in [-0.4, -0.2) is 16.4 Å². The average Bonchev–Trinajstić information content (AvgIpc) is 2.75. The highest BCUT2D eigenvalue weighted by atomic mass is 16.5. The molecule has 1 aromatic carbocycles. The Hall–Kier alpha value is -1.97. The van der Waals surface area contributed by atoms with Gasteiger partial charge in [0, 0.05) is 25.4 Å². The Bertz CT molecular complexity index is 520. The zero-order chi connectivity index (χ0) is 13.0. The molecule has 1 heterocycles. The van der Waals surface area contributed by atoms with Crippen LogP contribution in [0.15, 0.2) is 30.6 Å². The first-order valence-corrected chi connectivity index (χ1v) is 6.14. The zero-order valence-corrected chi connectivity index (χ0v) is 11.1. The van der Waals surface area contributed by atoms with Crippen molar-refractivity contribution in [3.8, 4) is 5.75 Å².